The van der Waals surface area contributed by atoms with Gasteiger partial charge in [0.25, 0.3) is 0 Å². The largest absolute Gasteiger partial charge is 0.385 e. The number of sulfonamides is 1. The zero-order chi connectivity index (χ0) is 20.0. The third kappa shape index (κ3) is 5.06. The monoisotopic (exact) mass is 396 g/mol. The number of amides is 1. The minimum Gasteiger partial charge on any atom is -0.385 e. The van der Waals surface area contributed by atoms with Gasteiger partial charge in [0.15, 0.2) is 0 Å². The van der Waals surface area contributed by atoms with Gasteiger partial charge in [-0.15, -0.1) is 0 Å². The molecule has 0 spiro atoms. The minimum absolute atomic E-state index is 0.0308. The highest BCUT2D eigenvalue weighted by Crippen LogP contribution is 2.22. The highest BCUT2D eigenvalue weighted by molar-refractivity contribution is 7.89. The second-order valence-electron chi connectivity index (χ2n) is 6.41. The molecule has 0 aliphatic rings. The molecule has 150 valence electrons. The summed E-state index contributed by atoms with van der Waals surface area (Å²) < 4.78 is 32.8. The van der Waals surface area contributed by atoms with E-state index in [1.54, 1.807) is 25.3 Å². The first-order valence-corrected chi connectivity index (χ1v) is 10.4. The van der Waals surface area contributed by atoms with Crippen molar-refractivity contribution in [3.05, 3.63) is 24.0 Å². The number of aromatic nitrogens is 2. The van der Waals surface area contributed by atoms with Gasteiger partial charge >= 0.3 is 0 Å². The molecule has 2 rings (SSSR count). The van der Waals surface area contributed by atoms with Crippen molar-refractivity contribution in [2.24, 2.45) is 0 Å². The Kier molecular flexibility index (Phi) is 7.34. The molecule has 8 nitrogen and oxygen atoms in total. The Morgan fingerprint density at radius 1 is 1.33 bits per heavy atom. The molecule has 1 N–H and O–H groups in total. The van der Waals surface area contributed by atoms with Gasteiger partial charge in [0.2, 0.25) is 15.9 Å². The van der Waals surface area contributed by atoms with Crippen molar-refractivity contribution in [1.82, 2.24) is 19.2 Å². The third-order valence-electron chi connectivity index (χ3n) is 4.32. The van der Waals surface area contributed by atoms with E-state index in [1.807, 2.05) is 11.5 Å². The van der Waals surface area contributed by atoms with Crippen LogP contribution in [0.25, 0.3) is 11.0 Å². The van der Waals surface area contributed by atoms with Gasteiger partial charge < -0.3 is 14.6 Å². The standard InChI is InChI=1S/C18H28N4O4S/c1-5-22-16-8-7-14(27(24,25)21(2)3)13-15(16)20-17(22)9-10-18(23)19-11-6-12-26-4/h7-8,13H,5-6,9-12H2,1-4H3,(H,19,23). The molecule has 1 aromatic heterocycles. The van der Waals surface area contributed by atoms with Crippen molar-refractivity contribution in [3.63, 3.8) is 0 Å². The molecule has 9 heteroatoms. The summed E-state index contributed by atoms with van der Waals surface area (Å²) >= 11 is 0. The minimum atomic E-state index is -3.51. The summed E-state index contributed by atoms with van der Waals surface area (Å²) in [6.45, 7) is 3.90. The van der Waals surface area contributed by atoms with Crippen LogP contribution in [-0.2, 0) is 32.5 Å². The van der Waals surface area contributed by atoms with Crippen molar-refractivity contribution in [2.45, 2.75) is 37.6 Å². The van der Waals surface area contributed by atoms with Crippen LogP contribution in [0.5, 0.6) is 0 Å². The van der Waals surface area contributed by atoms with E-state index < -0.39 is 10.0 Å². The quantitative estimate of drug-likeness (QED) is 0.613. The van der Waals surface area contributed by atoms with Gasteiger partial charge in [-0.1, -0.05) is 0 Å². The van der Waals surface area contributed by atoms with Crippen molar-refractivity contribution in [2.75, 3.05) is 34.4 Å². The Bertz CT molecular complexity index is 890. The Labute approximate surface area is 160 Å². The first-order chi connectivity index (χ1) is 12.8. The molecule has 1 heterocycles. The number of hydrogen-bond donors (Lipinski definition) is 1. The highest BCUT2D eigenvalue weighted by Gasteiger charge is 2.19. The summed E-state index contributed by atoms with van der Waals surface area (Å²) in [7, 11) is 1.12. The first kappa shape index (κ1) is 21.3. The molecule has 27 heavy (non-hydrogen) atoms. The molecule has 0 radical (unpaired) electrons. The average Bonchev–Trinajstić information content (AvgIpc) is 3.00. The fourth-order valence-corrected chi connectivity index (χ4v) is 3.75. The summed E-state index contributed by atoms with van der Waals surface area (Å²) in [6.07, 6.45) is 1.60. The fourth-order valence-electron chi connectivity index (χ4n) is 2.83. The van der Waals surface area contributed by atoms with Gasteiger partial charge in [-0.05, 0) is 31.5 Å². The van der Waals surface area contributed by atoms with Gasteiger partial charge in [-0.25, -0.2) is 17.7 Å². The molecule has 0 aliphatic heterocycles. The van der Waals surface area contributed by atoms with E-state index in [-0.39, 0.29) is 10.8 Å². The number of fused-ring (bicyclic) bond motifs is 1. The maximum Gasteiger partial charge on any atom is 0.242 e. The lowest BCUT2D eigenvalue weighted by Crippen LogP contribution is -2.25. The van der Waals surface area contributed by atoms with Crippen molar-refractivity contribution in [3.8, 4) is 0 Å². The van der Waals surface area contributed by atoms with Crippen LogP contribution in [0, 0.1) is 0 Å². The van der Waals surface area contributed by atoms with E-state index in [9.17, 15) is 13.2 Å². The van der Waals surface area contributed by atoms with E-state index in [0.29, 0.717) is 38.1 Å². The van der Waals surface area contributed by atoms with Crippen LogP contribution in [0.2, 0.25) is 0 Å². The normalized spacial score (nSPS) is 12.0. The number of methoxy groups -OCH3 is 1. The van der Waals surface area contributed by atoms with Crippen molar-refractivity contribution >= 4 is 27.0 Å². The molecule has 0 unspecified atom stereocenters. The van der Waals surface area contributed by atoms with E-state index in [4.69, 9.17) is 4.74 Å². The number of imidazole rings is 1. The van der Waals surface area contributed by atoms with Crippen LogP contribution in [0.3, 0.4) is 0 Å². The fraction of sp³-hybridized carbons (Fsp3) is 0.556. The highest BCUT2D eigenvalue weighted by atomic mass is 32.2. The van der Waals surface area contributed by atoms with Crippen molar-refractivity contribution in [1.29, 1.82) is 0 Å². The van der Waals surface area contributed by atoms with Crippen LogP contribution in [0.1, 0.15) is 25.6 Å². The zero-order valence-electron chi connectivity index (χ0n) is 16.4. The lowest BCUT2D eigenvalue weighted by Gasteiger charge is -2.11. The van der Waals surface area contributed by atoms with Gasteiger partial charge in [0.1, 0.15) is 5.82 Å². The summed E-state index contributed by atoms with van der Waals surface area (Å²) in [5, 5.41) is 2.86. The predicted octanol–water partition coefficient (Wildman–Crippen LogP) is 1.39. The van der Waals surface area contributed by atoms with Crippen LogP contribution in [0.4, 0.5) is 0 Å². The topological polar surface area (TPSA) is 93.5 Å². The van der Waals surface area contributed by atoms with Gasteiger partial charge in [-0.3, -0.25) is 4.79 Å². The third-order valence-corrected chi connectivity index (χ3v) is 6.13. The Morgan fingerprint density at radius 2 is 2.07 bits per heavy atom. The van der Waals surface area contributed by atoms with Gasteiger partial charge in [0.05, 0.1) is 15.9 Å². The Morgan fingerprint density at radius 3 is 2.70 bits per heavy atom. The maximum absolute atomic E-state index is 12.3. The number of ether oxygens (including phenoxy) is 1. The van der Waals surface area contributed by atoms with E-state index in [0.717, 1.165) is 17.8 Å². The molecule has 0 fully saturated rings. The number of hydrogen-bond acceptors (Lipinski definition) is 5. The lowest BCUT2D eigenvalue weighted by molar-refractivity contribution is -0.121. The van der Waals surface area contributed by atoms with Gasteiger partial charge in [0, 0.05) is 53.7 Å². The molecule has 2 aromatic rings. The lowest BCUT2D eigenvalue weighted by atomic mass is 10.2. The molecule has 0 saturated carbocycles. The van der Waals surface area contributed by atoms with E-state index in [2.05, 4.69) is 10.3 Å². The Balaban J connectivity index is 2.16. The molecular formula is C18H28N4O4S. The average molecular weight is 397 g/mol. The number of carbonyl (C=O) groups is 1. The number of nitrogens with zero attached hydrogens (tertiary/aromatic N) is 3. The number of aryl methyl sites for hydroxylation is 2. The summed E-state index contributed by atoms with van der Waals surface area (Å²) in [5.74, 6) is 0.746. The van der Waals surface area contributed by atoms with E-state index in [1.165, 1.54) is 18.4 Å². The van der Waals surface area contributed by atoms with Crippen LogP contribution in [0.15, 0.2) is 23.1 Å². The molecular weight excluding hydrogens is 368 g/mol. The predicted molar refractivity (Wildman–Crippen MR) is 104 cm³/mol. The molecule has 0 bridgehead atoms. The molecule has 0 atom stereocenters. The van der Waals surface area contributed by atoms with Crippen molar-refractivity contribution < 1.29 is 17.9 Å². The second-order valence-corrected chi connectivity index (χ2v) is 8.56. The van der Waals surface area contributed by atoms with E-state index >= 15 is 0 Å². The summed E-state index contributed by atoms with van der Waals surface area (Å²) in [6, 6.07) is 4.96. The van der Waals surface area contributed by atoms with Crippen LogP contribution in [-0.4, -0.2) is 62.5 Å². The van der Waals surface area contributed by atoms with Crippen LogP contribution >= 0.6 is 0 Å². The smallest absolute Gasteiger partial charge is 0.242 e. The number of carbonyl (C=O) groups excluding carboxylic acids is 1. The maximum atomic E-state index is 12.3. The zero-order valence-corrected chi connectivity index (χ0v) is 17.2. The number of rotatable bonds is 10. The second kappa shape index (κ2) is 9.29. The molecule has 0 saturated heterocycles. The summed E-state index contributed by atoms with van der Waals surface area (Å²) in [5.41, 5.74) is 1.49. The first-order valence-electron chi connectivity index (χ1n) is 8.98. The number of nitrogens with one attached hydrogen (secondary N) is 1. The molecule has 0 aliphatic carbocycles. The van der Waals surface area contributed by atoms with Crippen LogP contribution < -0.4 is 5.32 Å². The molecule has 1 aromatic carbocycles. The Hall–Kier alpha value is -1.97. The van der Waals surface area contributed by atoms with Gasteiger partial charge in [-0.2, -0.15) is 0 Å². The summed E-state index contributed by atoms with van der Waals surface area (Å²) in [4.78, 5) is 16.8. The molecule has 1 amide bonds. The SMILES string of the molecule is CCn1c(CCC(=O)NCCCOC)nc2cc(S(=O)(=O)N(C)C)ccc21. The number of benzene rings is 1.